The number of hydrogen-bond acceptors (Lipinski definition) is 5. The van der Waals surface area contributed by atoms with Crippen LogP contribution in [-0.4, -0.2) is 57.9 Å². The minimum absolute atomic E-state index is 0.00205. The summed E-state index contributed by atoms with van der Waals surface area (Å²) in [7, 11) is 1.34. The lowest BCUT2D eigenvalue weighted by Crippen LogP contribution is -2.54. The largest absolute Gasteiger partial charge is 0.383 e. The summed E-state index contributed by atoms with van der Waals surface area (Å²) in [6.45, 7) is 9.26. The lowest BCUT2D eigenvalue weighted by molar-refractivity contribution is -0.164. The van der Waals surface area contributed by atoms with Gasteiger partial charge in [-0.1, -0.05) is 34.6 Å². The summed E-state index contributed by atoms with van der Waals surface area (Å²) in [5.41, 5.74) is -0.428. The maximum Gasteiger partial charge on any atom is 0.359 e. The van der Waals surface area contributed by atoms with E-state index in [1.165, 1.54) is 7.05 Å². The van der Waals surface area contributed by atoms with Gasteiger partial charge in [0.15, 0.2) is 0 Å². The summed E-state index contributed by atoms with van der Waals surface area (Å²) in [6.07, 6.45) is -0.802. The van der Waals surface area contributed by atoms with E-state index in [-0.39, 0.29) is 23.9 Å². The number of aliphatic hydroxyl groups excluding tert-OH is 1. The molecule has 8 nitrogen and oxygen atoms in total. The monoisotopic (exact) mass is 331 g/mol. The highest BCUT2D eigenvalue weighted by atomic mass is 16.5. The molecule has 5 amide bonds. The Balaban J connectivity index is 5.04. The zero-order valence-electron chi connectivity index (χ0n) is 14.8. The van der Waals surface area contributed by atoms with Crippen molar-refractivity contribution in [3.63, 3.8) is 0 Å². The van der Waals surface area contributed by atoms with Crippen molar-refractivity contribution in [3.8, 4) is 0 Å². The van der Waals surface area contributed by atoms with Gasteiger partial charge < -0.3 is 10.4 Å². The minimum atomic E-state index is -1.49. The molecule has 0 radical (unpaired) electrons. The van der Waals surface area contributed by atoms with E-state index in [0.29, 0.717) is 6.42 Å². The van der Waals surface area contributed by atoms with Crippen molar-refractivity contribution in [1.82, 2.24) is 15.3 Å². The molecule has 134 valence electrons. The summed E-state index contributed by atoms with van der Waals surface area (Å²) in [5.74, 6) is -0.873. The predicted molar refractivity (Wildman–Crippen MR) is 84.7 cm³/mol. The summed E-state index contributed by atoms with van der Waals surface area (Å²) in [4.78, 5) is 36.7. The number of imide groups is 2. The van der Waals surface area contributed by atoms with Crippen LogP contribution in [0.4, 0.5) is 9.59 Å². The van der Waals surface area contributed by atoms with Gasteiger partial charge in [-0.05, 0) is 24.2 Å². The second-order valence-electron chi connectivity index (χ2n) is 7.12. The third-order valence-corrected chi connectivity index (χ3v) is 3.01. The first-order chi connectivity index (χ1) is 10.4. The van der Waals surface area contributed by atoms with Gasteiger partial charge in [0.25, 0.3) is 5.91 Å². The fourth-order valence-corrected chi connectivity index (χ4v) is 1.80. The summed E-state index contributed by atoms with van der Waals surface area (Å²) < 4.78 is 0. The molecule has 0 fully saturated rings. The average molecular weight is 331 g/mol. The van der Waals surface area contributed by atoms with Gasteiger partial charge in [0.2, 0.25) is 0 Å². The molecule has 0 aliphatic heterocycles. The van der Waals surface area contributed by atoms with E-state index >= 15 is 0 Å². The second-order valence-corrected chi connectivity index (χ2v) is 7.12. The lowest BCUT2D eigenvalue weighted by Gasteiger charge is -2.30. The lowest BCUT2D eigenvalue weighted by atomic mass is 9.96. The van der Waals surface area contributed by atoms with Gasteiger partial charge in [-0.25, -0.2) is 14.5 Å². The van der Waals surface area contributed by atoms with E-state index in [4.69, 9.17) is 0 Å². The molecular weight excluding hydrogens is 302 g/mol. The first-order valence-corrected chi connectivity index (χ1v) is 7.64. The number of hydroxylamine groups is 2. The Hall–Kier alpha value is -1.67. The Morgan fingerprint density at radius 2 is 1.65 bits per heavy atom. The molecule has 0 spiro atoms. The van der Waals surface area contributed by atoms with Crippen LogP contribution >= 0.6 is 0 Å². The Morgan fingerprint density at radius 1 is 1.13 bits per heavy atom. The van der Waals surface area contributed by atoms with Crippen LogP contribution in [0.3, 0.4) is 0 Å². The maximum atomic E-state index is 12.2. The van der Waals surface area contributed by atoms with Crippen molar-refractivity contribution >= 4 is 18.0 Å². The van der Waals surface area contributed by atoms with Gasteiger partial charge in [-0.3, -0.25) is 10.0 Å². The van der Waals surface area contributed by atoms with Gasteiger partial charge in [-0.2, -0.15) is 0 Å². The zero-order valence-corrected chi connectivity index (χ0v) is 14.8. The quantitative estimate of drug-likeness (QED) is 0.525. The minimum Gasteiger partial charge on any atom is -0.383 e. The highest BCUT2D eigenvalue weighted by Crippen LogP contribution is 2.17. The average Bonchev–Trinajstić information content (AvgIpc) is 2.46. The SMILES string of the molecule is CNC(=O)N(CC(C)(C)C)C(=O)N(O)C(=O)[C@@H](O)CCC(C)C. The van der Waals surface area contributed by atoms with E-state index < -0.39 is 29.5 Å². The molecule has 0 rings (SSSR count). The molecule has 23 heavy (non-hydrogen) atoms. The van der Waals surface area contributed by atoms with Gasteiger partial charge >= 0.3 is 12.1 Å². The maximum absolute atomic E-state index is 12.2. The van der Waals surface area contributed by atoms with Crippen molar-refractivity contribution in [2.24, 2.45) is 11.3 Å². The smallest absolute Gasteiger partial charge is 0.359 e. The topological polar surface area (TPSA) is 110 Å². The third-order valence-electron chi connectivity index (χ3n) is 3.01. The second kappa shape index (κ2) is 8.83. The Morgan fingerprint density at radius 3 is 2.04 bits per heavy atom. The van der Waals surface area contributed by atoms with Crippen LogP contribution in [-0.2, 0) is 4.79 Å². The van der Waals surface area contributed by atoms with Crippen LogP contribution in [0.25, 0.3) is 0 Å². The van der Waals surface area contributed by atoms with Crippen LogP contribution in [0, 0.1) is 11.3 Å². The van der Waals surface area contributed by atoms with Crippen LogP contribution < -0.4 is 5.32 Å². The number of nitrogens with zero attached hydrogens (tertiary/aromatic N) is 2. The third kappa shape index (κ3) is 7.43. The van der Waals surface area contributed by atoms with Crippen LogP contribution in [0.5, 0.6) is 0 Å². The molecule has 0 saturated carbocycles. The molecule has 0 unspecified atom stereocenters. The number of nitrogens with one attached hydrogen (secondary N) is 1. The first-order valence-electron chi connectivity index (χ1n) is 7.64. The molecule has 8 heteroatoms. The molecule has 1 atom stereocenters. The van der Waals surface area contributed by atoms with E-state index in [1.54, 1.807) is 20.8 Å². The number of carbonyl (C=O) groups excluding carboxylic acids is 3. The fraction of sp³-hybridized carbons (Fsp3) is 0.800. The van der Waals surface area contributed by atoms with E-state index in [1.807, 2.05) is 13.8 Å². The Kier molecular flexibility index (Phi) is 8.19. The summed E-state index contributed by atoms with van der Waals surface area (Å²) >= 11 is 0. The highest BCUT2D eigenvalue weighted by Gasteiger charge is 2.34. The molecule has 0 aromatic carbocycles. The van der Waals surface area contributed by atoms with Crippen molar-refractivity contribution < 1.29 is 24.7 Å². The van der Waals surface area contributed by atoms with Gasteiger partial charge in [0.1, 0.15) is 6.10 Å². The number of rotatable bonds is 5. The molecule has 3 N–H and O–H groups in total. The standard InChI is InChI=1S/C15H29N3O5/c1-10(2)7-8-11(19)12(20)18(23)14(22)17(13(21)16-6)9-15(3,4)5/h10-11,19,23H,7-9H2,1-6H3,(H,16,21)/t11-/m0/s1. The Labute approximate surface area is 137 Å². The molecule has 0 saturated heterocycles. The van der Waals surface area contributed by atoms with Crippen LogP contribution in [0.15, 0.2) is 0 Å². The van der Waals surface area contributed by atoms with Crippen molar-refractivity contribution in [3.05, 3.63) is 0 Å². The molecule has 0 aromatic heterocycles. The van der Waals surface area contributed by atoms with Gasteiger partial charge in [0, 0.05) is 13.6 Å². The molecule has 0 heterocycles. The van der Waals surface area contributed by atoms with E-state index in [0.717, 1.165) is 4.90 Å². The summed E-state index contributed by atoms with van der Waals surface area (Å²) in [5, 5.41) is 21.7. The van der Waals surface area contributed by atoms with E-state index in [2.05, 4.69) is 5.32 Å². The van der Waals surface area contributed by atoms with Crippen molar-refractivity contribution in [1.29, 1.82) is 0 Å². The first kappa shape index (κ1) is 21.3. The predicted octanol–water partition coefficient (Wildman–Crippen LogP) is 1.81. The Bertz CT molecular complexity index is 431. The number of hydrogen-bond donors (Lipinski definition) is 3. The molecular formula is C15H29N3O5. The van der Waals surface area contributed by atoms with Crippen molar-refractivity contribution in [2.75, 3.05) is 13.6 Å². The molecule has 0 bridgehead atoms. The fourth-order valence-electron chi connectivity index (χ4n) is 1.80. The van der Waals surface area contributed by atoms with Crippen molar-refractivity contribution in [2.45, 2.75) is 53.6 Å². The number of carbonyl (C=O) groups is 3. The molecule has 0 aromatic rings. The molecule has 0 aliphatic carbocycles. The van der Waals surface area contributed by atoms with Crippen LogP contribution in [0.2, 0.25) is 0 Å². The van der Waals surface area contributed by atoms with Crippen LogP contribution in [0.1, 0.15) is 47.5 Å². The number of aliphatic hydroxyl groups is 1. The number of urea groups is 2. The molecule has 0 aliphatic rings. The van der Waals surface area contributed by atoms with E-state index in [9.17, 15) is 24.7 Å². The highest BCUT2D eigenvalue weighted by molar-refractivity contribution is 6.01. The van der Waals surface area contributed by atoms with Gasteiger partial charge in [-0.15, -0.1) is 5.06 Å². The van der Waals surface area contributed by atoms with Gasteiger partial charge in [0.05, 0.1) is 0 Å². The summed E-state index contributed by atoms with van der Waals surface area (Å²) in [6, 6.07) is -1.93. The normalized spacial score (nSPS) is 12.7. The number of amides is 5. The zero-order chi connectivity index (χ0) is 18.4.